The smallest absolute Gasteiger partial charge is 0.0961 e. The lowest BCUT2D eigenvalue weighted by Crippen LogP contribution is -2.36. The third kappa shape index (κ3) is 4.91. The summed E-state index contributed by atoms with van der Waals surface area (Å²) in [5, 5.41) is 4.71. The van der Waals surface area contributed by atoms with Gasteiger partial charge in [-0.25, -0.2) is 0 Å². The van der Waals surface area contributed by atoms with Crippen LogP contribution in [0.3, 0.4) is 0 Å². The molecule has 3 aromatic carbocycles. The molecule has 11 rings (SSSR count). The minimum Gasteiger partial charge on any atom is -0.398 e. The zero-order valence-electron chi connectivity index (χ0n) is 32.2. The van der Waals surface area contributed by atoms with Crippen molar-refractivity contribution in [2.75, 3.05) is 0 Å². The third-order valence-electron chi connectivity index (χ3n) is 13.0. The molecular formula is C52H45N5. The molecule has 3 unspecified atom stereocenters. The fourth-order valence-corrected chi connectivity index (χ4v) is 10.6. The van der Waals surface area contributed by atoms with Crippen LogP contribution in [0.15, 0.2) is 158 Å². The Morgan fingerprint density at radius 2 is 1.77 bits per heavy atom. The quantitative estimate of drug-likeness (QED) is 0.179. The molecule has 3 N–H and O–H groups in total. The first-order valence-corrected chi connectivity index (χ1v) is 20.4. The van der Waals surface area contributed by atoms with Crippen molar-refractivity contribution >= 4 is 45.5 Å². The van der Waals surface area contributed by atoms with E-state index in [1.54, 1.807) is 0 Å². The highest BCUT2D eigenvalue weighted by atomic mass is 15.1. The molecule has 0 amide bonds. The Labute approximate surface area is 333 Å². The van der Waals surface area contributed by atoms with E-state index < -0.39 is 5.41 Å². The zero-order valence-corrected chi connectivity index (χ0v) is 32.2. The minimum absolute atomic E-state index is 0.218. The predicted molar refractivity (Wildman–Crippen MR) is 237 cm³/mol. The SMILES string of the molecule is C/C=C\C1=C(N)c2c(ccc3c4c(n(-c5ccc(C6C=CC(n7c8c(c9ncccc97)C=CNC8)=CC6)cc5)c23)C=CCC4)C1(c1ccccc1)C1C=CC=CC1. The monoisotopic (exact) mass is 739 g/mol. The van der Waals surface area contributed by atoms with Crippen LogP contribution in [0.2, 0.25) is 0 Å². The summed E-state index contributed by atoms with van der Waals surface area (Å²) >= 11 is 0. The molecule has 5 heteroatoms. The van der Waals surface area contributed by atoms with Gasteiger partial charge in [0, 0.05) is 51.4 Å². The molecule has 4 aliphatic carbocycles. The summed E-state index contributed by atoms with van der Waals surface area (Å²) in [5.74, 6) is 0.512. The number of hydrogen-bond acceptors (Lipinski definition) is 3. The van der Waals surface area contributed by atoms with Gasteiger partial charge in [-0.15, -0.1) is 0 Å². The van der Waals surface area contributed by atoms with Gasteiger partial charge in [0.2, 0.25) is 0 Å². The van der Waals surface area contributed by atoms with Crippen LogP contribution in [-0.4, -0.2) is 14.1 Å². The number of benzene rings is 3. The summed E-state index contributed by atoms with van der Waals surface area (Å²) in [6.45, 7) is 2.90. The third-order valence-corrected chi connectivity index (χ3v) is 13.0. The first kappa shape index (κ1) is 33.7. The van der Waals surface area contributed by atoms with Gasteiger partial charge in [-0.2, -0.15) is 0 Å². The summed E-state index contributed by atoms with van der Waals surface area (Å²) in [6.07, 6.45) is 35.3. The van der Waals surface area contributed by atoms with Gasteiger partial charge in [-0.3, -0.25) is 4.98 Å². The average molecular weight is 740 g/mol. The highest BCUT2D eigenvalue weighted by Crippen LogP contribution is 2.58. The molecule has 5 aliphatic rings. The average Bonchev–Trinajstić information content (AvgIpc) is 3.88. The Morgan fingerprint density at radius 1 is 0.877 bits per heavy atom. The number of nitrogens with two attached hydrogens (primary N) is 1. The molecule has 0 saturated heterocycles. The topological polar surface area (TPSA) is 60.8 Å². The van der Waals surface area contributed by atoms with Crippen LogP contribution in [-0.2, 0) is 18.4 Å². The zero-order chi connectivity index (χ0) is 38.1. The van der Waals surface area contributed by atoms with Crippen molar-refractivity contribution in [3.05, 3.63) is 202 Å². The van der Waals surface area contributed by atoms with Crippen molar-refractivity contribution in [3.63, 3.8) is 0 Å². The van der Waals surface area contributed by atoms with E-state index in [0.29, 0.717) is 5.92 Å². The molecule has 0 radical (unpaired) electrons. The standard InChI is InChI=1S/C52H45N5/c1-2-12-44-49(53)48-43(52(44,36-13-5-3-6-14-36)37-15-7-4-8-16-37)29-28-41-40-17-9-10-18-45(40)57(51(41)48)39-26-22-35(23-27-39)34-20-24-38(25-21-34)56-46-19-11-31-55-50(46)42-30-32-54-33-47(42)56/h2-8,10-15,18-20,22-32,34,37,54H,9,16-17,21,33,53H2,1H3/b12-2-. The van der Waals surface area contributed by atoms with Gasteiger partial charge in [0.05, 0.1) is 34.2 Å². The maximum absolute atomic E-state index is 7.53. The lowest BCUT2D eigenvalue weighted by molar-refractivity contribution is 0.454. The normalized spacial score (nSPS) is 22.0. The number of hydrogen-bond donors (Lipinski definition) is 2. The van der Waals surface area contributed by atoms with Crippen LogP contribution < -0.4 is 11.1 Å². The highest BCUT2D eigenvalue weighted by Gasteiger charge is 2.50. The van der Waals surface area contributed by atoms with Crippen LogP contribution in [0, 0.1) is 5.92 Å². The molecule has 0 spiro atoms. The van der Waals surface area contributed by atoms with Crippen molar-refractivity contribution in [1.29, 1.82) is 0 Å². The molecule has 1 aliphatic heterocycles. The Hall–Kier alpha value is -6.59. The lowest BCUT2D eigenvalue weighted by Gasteiger charge is -2.40. The van der Waals surface area contributed by atoms with E-state index in [1.165, 1.54) is 66.9 Å². The summed E-state index contributed by atoms with van der Waals surface area (Å²) in [6, 6.07) is 29.4. The maximum atomic E-state index is 7.53. The van der Waals surface area contributed by atoms with Gasteiger partial charge in [0.15, 0.2) is 0 Å². The van der Waals surface area contributed by atoms with Gasteiger partial charge in [0.25, 0.3) is 0 Å². The fraction of sp³-hybridized carbons (Fsp3) is 0.173. The van der Waals surface area contributed by atoms with Crippen molar-refractivity contribution in [2.45, 2.75) is 50.5 Å². The second-order valence-corrected chi connectivity index (χ2v) is 15.9. The second-order valence-electron chi connectivity index (χ2n) is 15.9. The molecule has 3 aromatic heterocycles. The van der Waals surface area contributed by atoms with Crippen LogP contribution >= 0.6 is 0 Å². The number of nitrogens with zero attached hydrogens (tertiary/aromatic N) is 3. The van der Waals surface area contributed by atoms with Crippen LogP contribution in [0.25, 0.3) is 51.2 Å². The Bertz CT molecular complexity index is 2860. The molecule has 0 saturated carbocycles. The van der Waals surface area contributed by atoms with E-state index >= 15 is 0 Å². The fourth-order valence-electron chi connectivity index (χ4n) is 10.6. The number of aromatic nitrogens is 3. The first-order valence-electron chi connectivity index (χ1n) is 20.4. The lowest BCUT2D eigenvalue weighted by atomic mass is 9.61. The second kappa shape index (κ2) is 13.3. The number of pyridine rings is 1. The molecule has 4 heterocycles. The van der Waals surface area contributed by atoms with Crippen molar-refractivity contribution < 1.29 is 0 Å². The summed E-state index contributed by atoms with van der Waals surface area (Å²) in [5.41, 5.74) is 25.2. The number of allylic oxidation sites excluding steroid dienone is 12. The molecule has 3 atom stereocenters. The van der Waals surface area contributed by atoms with Crippen molar-refractivity contribution in [2.24, 2.45) is 11.7 Å². The molecule has 57 heavy (non-hydrogen) atoms. The number of aryl methyl sites for hydroxylation is 1. The van der Waals surface area contributed by atoms with Crippen LogP contribution in [0.4, 0.5) is 0 Å². The molecule has 278 valence electrons. The van der Waals surface area contributed by atoms with Gasteiger partial charge >= 0.3 is 0 Å². The molecule has 6 aromatic rings. The summed E-state index contributed by atoms with van der Waals surface area (Å²) < 4.78 is 4.89. The molecule has 0 fully saturated rings. The summed E-state index contributed by atoms with van der Waals surface area (Å²) in [4.78, 5) is 4.75. The van der Waals surface area contributed by atoms with E-state index in [2.05, 4.69) is 167 Å². The predicted octanol–water partition coefficient (Wildman–Crippen LogP) is 11.3. The van der Waals surface area contributed by atoms with Gasteiger partial charge < -0.3 is 20.2 Å². The first-order chi connectivity index (χ1) is 28.2. The van der Waals surface area contributed by atoms with Crippen LogP contribution in [0.5, 0.6) is 0 Å². The molecular weight excluding hydrogens is 695 g/mol. The van der Waals surface area contributed by atoms with Gasteiger partial charge in [0.1, 0.15) is 0 Å². The van der Waals surface area contributed by atoms with E-state index in [1.807, 2.05) is 18.5 Å². The van der Waals surface area contributed by atoms with E-state index in [-0.39, 0.29) is 5.92 Å². The molecule has 5 nitrogen and oxygen atoms in total. The largest absolute Gasteiger partial charge is 0.398 e. The minimum atomic E-state index is -0.423. The maximum Gasteiger partial charge on any atom is 0.0961 e. The van der Waals surface area contributed by atoms with E-state index in [9.17, 15) is 0 Å². The van der Waals surface area contributed by atoms with Crippen molar-refractivity contribution in [3.8, 4) is 5.69 Å². The highest BCUT2D eigenvalue weighted by molar-refractivity contribution is 6.03. The van der Waals surface area contributed by atoms with Gasteiger partial charge in [-0.1, -0.05) is 109 Å². The van der Waals surface area contributed by atoms with Crippen LogP contribution in [0.1, 0.15) is 76.9 Å². The van der Waals surface area contributed by atoms with E-state index in [0.717, 1.165) is 54.6 Å². The number of fused-ring (bicyclic) bond motifs is 8. The Morgan fingerprint density at radius 3 is 2.58 bits per heavy atom. The summed E-state index contributed by atoms with van der Waals surface area (Å²) in [7, 11) is 0. The Kier molecular flexibility index (Phi) is 7.85. The van der Waals surface area contributed by atoms with E-state index in [4.69, 9.17) is 10.7 Å². The number of nitrogens with one attached hydrogen (secondary N) is 1. The Balaban J connectivity index is 1.02. The van der Waals surface area contributed by atoms with Crippen molar-refractivity contribution in [1.82, 2.24) is 19.4 Å². The molecule has 0 bridgehead atoms. The number of rotatable bonds is 6. The van der Waals surface area contributed by atoms with Gasteiger partial charge in [-0.05, 0) is 115 Å².